The van der Waals surface area contributed by atoms with E-state index < -0.39 is 5.54 Å². The van der Waals surface area contributed by atoms with Crippen molar-refractivity contribution in [2.45, 2.75) is 43.7 Å². The van der Waals surface area contributed by atoms with Crippen molar-refractivity contribution in [3.8, 4) is 0 Å². The maximum Gasteiger partial charge on any atom is 0.325 e. The van der Waals surface area contributed by atoms with Crippen molar-refractivity contribution in [2.24, 2.45) is 11.7 Å². The van der Waals surface area contributed by atoms with E-state index in [0.717, 1.165) is 45.4 Å². The molecule has 2 rings (SSSR count). The standard InChI is InChI=1S/C14H26N2O3/c1-18-10-11-5-7-16(9-11)12-4-3-6-14(15,8-12)13(17)19-2/h11-12H,3-10,15H2,1-2H3. The molecule has 3 unspecified atom stereocenters. The molecule has 0 spiro atoms. The van der Waals surface area contributed by atoms with Crippen molar-refractivity contribution in [2.75, 3.05) is 33.9 Å². The molecule has 2 aliphatic rings. The number of carbonyl (C=O) groups is 1. The topological polar surface area (TPSA) is 64.8 Å². The maximum absolute atomic E-state index is 11.8. The summed E-state index contributed by atoms with van der Waals surface area (Å²) in [6, 6.07) is 0.416. The normalized spacial score (nSPS) is 36.4. The molecule has 0 aromatic rings. The van der Waals surface area contributed by atoms with Gasteiger partial charge in [-0.05, 0) is 44.6 Å². The van der Waals surface area contributed by atoms with Crippen molar-refractivity contribution in [1.82, 2.24) is 4.90 Å². The third kappa shape index (κ3) is 3.27. The first-order valence-electron chi connectivity index (χ1n) is 7.19. The van der Waals surface area contributed by atoms with Gasteiger partial charge in [-0.25, -0.2) is 0 Å². The van der Waals surface area contributed by atoms with E-state index >= 15 is 0 Å². The molecule has 1 saturated heterocycles. The minimum absolute atomic E-state index is 0.259. The Kier molecular flexibility index (Phi) is 4.81. The van der Waals surface area contributed by atoms with Crippen molar-refractivity contribution in [3.63, 3.8) is 0 Å². The van der Waals surface area contributed by atoms with Gasteiger partial charge in [-0.2, -0.15) is 0 Å². The van der Waals surface area contributed by atoms with Gasteiger partial charge < -0.3 is 15.2 Å². The van der Waals surface area contributed by atoms with Crippen molar-refractivity contribution < 1.29 is 14.3 Å². The molecule has 5 heteroatoms. The van der Waals surface area contributed by atoms with Gasteiger partial charge >= 0.3 is 5.97 Å². The fourth-order valence-electron chi connectivity index (χ4n) is 3.54. The summed E-state index contributed by atoms with van der Waals surface area (Å²) in [6.45, 7) is 2.99. The maximum atomic E-state index is 11.8. The molecule has 1 heterocycles. The van der Waals surface area contributed by atoms with Crippen molar-refractivity contribution in [3.05, 3.63) is 0 Å². The fraction of sp³-hybridized carbons (Fsp3) is 0.929. The van der Waals surface area contributed by atoms with Crippen LogP contribution in [0, 0.1) is 5.92 Å². The van der Waals surface area contributed by atoms with Gasteiger partial charge in [0, 0.05) is 19.7 Å². The fourth-order valence-corrected chi connectivity index (χ4v) is 3.54. The van der Waals surface area contributed by atoms with Crippen molar-refractivity contribution >= 4 is 5.97 Å². The lowest BCUT2D eigenvalue weighted by Gasteiger charge is -2.39. The Hall–Kier alpha value is -0.650. The largest absolute Gasteiger partial charge is 0.468 e. The van der Waals surface area contributed by atoms with Gasteiger partial charge in [0.2, 0.25) is 0 Å². The average Bonchev–Trinajstić information content (AvgIpc) is 2.87. The van der Waals surface area contributed by atoms with E-state index in [2.05, 4.69) is 4.90 Å². The van der Waals surface area contributed by atoms with Gasteiger partial charge in [0.05, 0.1) is 13.7 Å². The second kappa shape index (κ2) is 6.20. The molecule has 0 amide bonds. The molecule has 3 atom stereocenters. The van der Waals surface area contributed by atoms with Gasteiger partial charge in [-0.15, -0.1) is 0 Å². The highest BCUT2D eigenvalue weighted by molar-refractivity contribution is 5.80. The van der Waals surface area contributed by atoms with Crippen molar-refractivity contribution in [1.29, 1.82) is 0 Å². The minimum atomic E-state index is -0.781. The number of ether oxygens (including phenoxy) is 2. The summed E-state index contributed by atoms with van der Waals surface area (Å²) >= 11 is 0. The third-order valence-electron chi connectivity index (χ3n) is 4.59. The molecule has 110 valence electrons. The summed E-state index contributed by atoms with van der Waals surface area (Å²) < 4.78 is 10.1. The number of esters is 1. The Balaban J connectivity index is 1.93. The van der Waals surface area contributed by atoms with Crippen LogP contribution in [0.4, 0.5) is 0 Å². The first-order valence-corrected chi connectivity index (χ1v) is 7.19. The second-order valence-electron chi connectivity index (χ2n) is 6.00. The van der Waals surface area contributed by atoms with Crippen LogP contribution in [0.5, 0.6) is 0 Å². The zero-order chi connectivity index (χ0) is 13.9. The molecule has 1 saturated carbocycles. The number of hydrogen-bond donors (Lipinski definition) is 1. The predicted octanol–water partition coefficient (Wildman–Crippen LogP) is 0.768. The van der Waals surface area contributed by atoms with Gasteiger partial charge in [0.15, 0.2) is 0 Å². The zero-order valence-electron chi connectivity index (χ0n) is 12.1. The van der Waals surface area contributed by atoms with Crippen LogP contribution in [-0.2, 0) is 14.3 Å². The first-order chi connectivity index (χ1) is 9.09. The van der Waals surface area contributed by atoms with Crippen LogP contribution in [0.3, 0.4) is 0 Å². The van der Waals surface area contributed by atoms with E-state index in [1.54, 1.807) is 7.11 Å². The van der Waals surface area contributed by atoms with E-state index in [-0.39, 0.29) is 5.97 Å². The number of methoxy groups -OCH3 is 2. The average molecular weight is 270 g/mol. The zero-order valence-corrected chi connectivity index (χ0v) is 12.1. The summed E-state index contributed by atoms with van der Waals surface area (Å²) in [5.74, 6) is 0.363. The number of carbonyl (C=O) groups excluding carboxylic acids is 1. The van der Waals surface area contributed by atoms with Crippen LogP contribution in [0.2, 0.25) is 0 Å². The molecule has 0 aromatic carbocycles. The summed E-state index contributed by atoms with van der Waals surface area (Å²) in [5, 5.41) is 0. The monoisotopic (exact) mass is 270 g/mol. The smallest absolute Gasteiger partial charge is 0.325 e. The summed E-state index contributed by atoms with van der Waals surface area (Å²) in [6.07, 6.45) is 4.78. The molecule has 1 aliphatic heterocycles. The van der Waals surface area contributed by atoms with Crippen LogP contribution in [0.1, 0.15) is 32.1 Å². The van der Waals surface area contributed by atoms with E-state index in [0.29, 0.717) is 12.0 Å². The molecular formula is C14H26N2O3. The Morgan fingerprint density at radius 1 is 1.42 bits per heavy atom. The number of nitrogens with zero attached hydrogens (tertiary/aromatic N) is 1. The highest BCUT2D eigenvalue weighted by Crippen LogP contribution is 2.33. The highest BCUT2D eigenvalue weighted by atomic mass is 16.5. The Bertz CT molecular complexity index is 324. The van der Waals surface area contributed by atoms with Gasteiger partial charge in [-0.3, -0.25) is 9.69 Å². The summed E-state index contributed by atoms with van der Waals surface area (Å²) in [7, 11) is 3.18. The molecule has 1 aliphatic carbocycles. The molecular weight excluding hydrogens is 244 g/mol. The van der Waals surface area contributed by atoms with E-state index in [9.17, 15) is 4.79 Å². The Labute approximate surface area is 115 Å². The quantitative estimate of drug-likeness (QED) is 0.764. The number of likely N-dealkylation sites (tertiary alicyclic amines) is 1. The lowest BCUT2D eigenvalue weighted by molar-refractivity contribution is -0.149. The molecule has 19 heavy (non-hydrogen) atoms. The molecule has 2 fully saturated rings. The Morgan fingerprint density at radius 3 is 2.89 bits per heavy atom. The Morgan fingerprint density at radius 2 is 2.21 bits per heavy atom. The molecule has 2 N–H and O–H groups in total. The van der Waals surface area contributed by atoms with Crippen LogP contribution in [-0.4, -0.2) is 56.4 Å². The third-order valence-corrected chi connectivity index (χ3v) is 4.59. The first kappa shape index (κ1) is 14.8. The van der Waals surface area contributed by atoms with E-state index in [1.807, 2.05) is 0 Å². The SMILES string of the molecule is COCC1CCN(C2CCCC(N)(C(=O)OC)C2)C1. The van der Waals surface area contributed by atoms with Gasteiger partial charge in [0.25, 0.3) is 0 Å². The van der Waals surface area contributed by atoms with Crippen LogP contribution >= 0.6 is 0 Å². The van der Waals surface area contributed by atoms with Gasteiger partial charge in [-0.1, -0.05) is 0 Å². The number of nitrogens with two attached hydrogens (primary N) is 1. The predicted molar refractivity (Wildman–Crippen MR) is 72.7 cm³/mol. The molecule has 5 nitrogen and oxygen atoms in total. The van der Waals surface area contributed by atoms with Crippen LogP contribution < -0.4 is 5.73 Å². The highest BCUT2D eigenvalue weighted by Gasteiger charge is 2.43. The lowest BCUT2D eigenvalue weighted by Crippen LogP contribution is -2.56. The number of hydrogen-bond acceptors (Lipinski definition) is 5. The lowest BCUT2D eigenvalue weighted by atomic mass is 9.79. The van der Waals surface area contributed by atoms with E-state index in [4.69, 9.17) is 15.2 Å². The molecule has 0 radical (unpaired) electrons. The summed E-state index contributed by atoms with van der Waals surface area (Å²) in [4.78, 5) is 14.3. The van der Waals surface area contributed by atoms with Gasteiger partial charge in [0.1, 0.15) is 5.54 Å². The number of rotatable bonds is 4. The molecule has 0 aromatic heterocycles. The molecule has 0 bridgehead atoms. The van der Waals surface area contributed by atoms with E-state index in [1.165, 1.54) is 13.5 Å². The second-order valence-corrected chi connectivity index (χ2v) is 6.00. The minimum Gasteiger partial charge on any atom is -0.468 e. The van der Waals surface area contributed by atoms with Crippen LogP contribution in [0.25, 0.3) is 0 Å². The summed E-state index contributed by atoms with van der Waals surface area (Å²) in [5.41, 5.74) is 5.46. The van der Waals surface area contributed by atoms with Crippen LogP contribution in [0.15, 0.2) is 0 Å².